The van der Waals surface area contributed by atoms with Gasteiger partial charge in [0.25, 0.3) is 0 Å². The van der Waals surface area contributed by atoms with Gasteiger partial charge in [0.2, 0.25) is 5.91 Å². The standard InChI is InChI=1S/C14H16ClNO2/c15-12-7-9-3-5-18-13(9)11(8-12)6-10-2-1-4-16-14(10)17/h7-8,10H,1-6H2,(H,16,17). The molecule has 0 aliphatic carbocycles. The quantitative estimate of drug-likeness (QED) is 0.891. The van der Waals surface area contributed by atoms with Crippen LogP contribution in [0.2, 0.25) is 5.02 Å². The summed E-state index contributed by atoms with van der Waals surface area (Å²) in [6.45, 7) is 1.53. The zero-order valence-corrected chi connectivity index (χ0v) is 10.9. The molecule has 1 saturated heterocycles. The SMILES string of the molecule is O=C1NCCCC1Cc1cc(Cl)cc2c1OCC2. The molecule has 96 valence electrons. The number of hydrogen-bond acceptors (Lipinski definition) is 2. The summed E-state index contributed by atoms with van der Waals surface area (Å²) < 4.78 is 5.67. The fraction of sp³-hybridized carbons (Fsp3) is 0.500. The Morgan fingerprint density at radius 2 is 2.33 bits per heavy atom. The summed E-state index contributed by atoms with van der Waals surface area (Å²) in [6.07, 6.45) is 3.65. The zero-order valence-electron chi connectivity index (χ0n) is 10.2. The Kier molecular flexibility index (Phi) is 3.16. The van der Waals surface area contributed by atoms with E-state index in [9.17, 15) is 4.79 Å². The number of rotatable bonds is 2. The van der Waals surface area contributed by atoms with Crippen molar-refractivity contribution in [2.45, 2.75) is 25.7 Å². The van der Waals surface area contributed by atoms with Crippen molar-refractivity contribution in [3.8, 4) is 5.75 Å². The first-order valence-corrected chi connectivity index (χ1v) is 6.83. The molecule has 1 amide bonds. The monoisotopic (exact) mass is 265 g/mol. The van der Waals surface area contributed by atoms with Crippen molar-refractivity contribution in [3.63, 3.8) is 0 Å². The third-order valence-electron chi connectivity index (χ3n) is 3.69. The number of halogens is 1. The van der Waals surface area contributed by atoms with Crippen molar-refractivity contribution in [2.75, 3.05) is 13.2 Å². The minimum absolute atomic E-state index is 0.0607. The number of amides is 1. The van der Waals surface area contributed by atoms with E-state index in [1.165, 1.54) is 5.56 Å². The highest BCUT2D eigenvalue weighted by molar-refractivity contribution is 6.30. The third kappa shape index (κ3) is 2.19. The van der Waals surface area contributed by atoms with E-state index in [1.807, 2.05) is 12.1 Å². The van der Waals surface area contributed by atoms with Gasteiger partial charge in [0.1, 0.15) is 5.75 Å². The van der Waals surface area contributed by atoms with Gasteiger partial charge >= 0.3 is 0 Å². The minimum atomic E-state index is 0.0607. The van der Waals surface area contributed by atoms with E-state index in [0.29, 0.717) is 0 Å². The fourth-order valence-electron chi connectivity index (χ4n) is 2.79. The molecular weight excluding hydrogens is 250 g/mol. The van der Waals surface area contributed by atoms with Crippen LogP contribution in [0.4, 0.5) is 0 Å². The molecule has 2 aliphatic rings. The summed E-state index contributed by atoms with van der Waals surface area (Å²) >= 11 is 6.13. The molecule has 2 aliphatic heterocycles. The first-order valence-electron chi connectivity index (χ1n) is 6.46. The van der Waals surface area contributed by atoms with Crippen LogP contribution in [0, 0.1) is 5.92 Å². The lowest BCUT2D eigenvalue weighted by atomic mass is 9.90. The van der Waals surface area contributed by atoms with E-state index in [0.717, 1.165) is 55.2 Å². The van der Waals surface area contributed by atoms with E-state index < -0.39 is 0 Å². The van der Waals surface area contributed by atoms with Gasteiger partial charge in [-0.2, -0.15) is 0 Å². The predicted octanol–water partition coefficient (Wildman–Crippen LogP) is 2.34. The van der Waals surface area contributed by atoms with Crippen LogP contribution in [0.3, 0.4) is 0 Å². The van der Waals surface area contributed by atoms with Gasteiger partial charge < -0.3 is 10.1 Å². The summed E-state index contributed by atoms with van der Waals surface area (Å²) in [5.74, 6) is 1.18. The molecule has 0 radical (unpaired) electrons. The van der Waals surface area contributed by atoms with Gasteiger partial charge in [0.05, 0.1) is 6.61 Å². The first-order chi connectivity index (χ1) is 8.74. The van der Waals surface area contributed by atoms with Crippen molar-refractivity contribution < 1.29 is 9.53 Å². The minimum Gasteiger partial charge on any atom is -0.493 e. The molecule has 1 fully saturated rings. The fourth-order valence-corrected chi connectivity index (χ4v) is 3.06. The van der Waals surface area contributed by atoms with Crippen LogP contribution in [-0.2, 0) is 17.6 Å². The number of ether oxygens (including phenoxy) is 1. The molecule has 3 rings (SSSR count). The second-order valence-electron chi connectivity index (χ2n) is 4.99. The Bertz CT molecular complexity index is 487. The van der Waals surface area contributed by atoms with Crippen LogP contribution in [0.5, 0.6) is 5.75 Å². The lowest BCUT2D eigenvalue weighted by Gasteiger charge is -2.22. The van der Waals surface area contributed by atoms with Gasteiger partial charge in [-0.05, 0) is 42.5 Å². The molecule has 1 N–H and O–H groups in total. The predicted molar refractivity (Wildman–Crippen MR) is 70.1 cm³/mol. The van der Waals surface area contributed by atoms with Crippen LogP contribution in [0.1, 0.15) is 24.0 Å². The molecule has 1 atom stereocenters. The average Bonchev–Trinajstić information content (AvgIpc) is 2.80. The Morgan fingerprint density at radius 3 is 3.17 bits per heavy atom. The normalized spacial score (nSPS) is 22.3. The Balaban J connectivity index is 1.86. The van der Waals surface area contributed by atoms with E-state index in [-0.39, 0.29) is 11.8 Å². The highest BCUT2D eigenvalue weighted by Gasteiger charge is 2.25. The lowest BCUT2D eigenvalue weighted by molar-refractivity contribution is -0.126. The molecule has 0 saturated carbocycles. The molecular formula is C14H16ClNO2. The number of benzene rings is 1. The average molecular weight is 266 g/mol. The maximum atomic E-state index is 11.8. The van der Waals surface area contributed by atoms with Crippen LogP contribution in [-0.4, -0.2) is 19.1 Å². The summed E-state index contributed by atoms with van der Waals surface area (Å²) in [4.78, 5) is 11.8. The zero-order chi connectivity index (χ0) is 12.5. The summed E-state index contributed by atoms with van der Waals surface area (Å²) in [5.41, 5.74) is 2.26. The molecule has 3 nitrogen and oxygen atoms in total. The molecule has 2 heterocycles. The number of hydrogen-bond donors (Lipinski definition) is 1. The number of piperidine rings is 1. The topological polar surface area (TPSA) is 38.3 Å². The van der Waals surface area contributed by atoms with Crippen LogP contribution >= 0.6 is 11.6 Å². The maximum Gasteiger partial charge on any atom is 0.223 e. The van der Waals surface area contributed by atoms with Gasteiger partial charge in [-0.3, -0.25) is 4.79 Å². The number of nitrogens with one attached hydrogen (secondary N) is 1. The van der Waals surface area contributed by atoms with Gasteiger partial charge in [-0.25, -0.2) is 0 Å². The van der Waals surface area contributed by atoms with Crippen LogP contribution in [0.15, 0.2) is 12.1 Å². The maximum absolute atomic E-state index is 11.8. The smallest absolute Gasteiger partial charge is 0.223 e. The Labute approximate surface area is 111 Å². The molecule has 1 unspecified atom stereocenters. The van der Waals surface area contributed by atoms with Crippen molar-refractivity contribution in [3.05, 3.63) is 28.3 Å². The van der Waals surface area contributed by atoms with Crippen LogP contribution < -0.4 is 10.1 Å². The summed E-state index contributed by atoms with van der Waals surface area (Å²) in [5, 5.41) is 3.66. The van der Waals surface area contributed by atoms with Gasteiger partial charge in [0, 0.05) is 23.9 Å². The molecule has 18 heavy (non-hydrogen) atoms. The van der Waals surface area contributed by atoms with Gasteiger partial charge in [-0.15, -0.1) is 0 Å². The molecule has 1 aromatic rings. The highest BCUT2D eigenvalue weighted by atomic mass is 35.5. The molecule has 0 aromatic heterocycles. The Morgan fingerprint density at radius 1 is 1.44 bits per heavy atom. The second-order valence-corrected chi connectivity index (χ2v) is 5.42. The van der Waals surface area contributed by atoms with E-state index >= 15 is 0 Å². The van der Waals surface area contributed by atoms with Crippen molar-refractivity contribution in [1.29, 1.82) is 0 Å². The summed E-state index contributed by atoms with van der Waals surface area (Å²) in [7, 11) is 0. The first kappa shape index (κ1) is 11.8. The number of fused-ring (bicyclic) bond motifs is 1. The second kappa shape index (κ2) is 4.81. The summed E-state index contributed by atoms with van der Waals surface area (Å²) in [6, 6.07) is 3.90. The van der Waals surface area contributed by atoms with E-state index in [4.69, 9.17) is 16.3 Å². The van der Waals surface area contributed by atoms with Crippen molar-refractivity contribution >= 4 is 17.5 Å². The Hall–Kier alpha value is -1.22. The molecule has 1 aromatic carbocycles. The highest BCUT2D eigenvalue weighted by Crippen LogP contribution is 2.35. The largest absolute Gasteiger partial charge is 0.493 e. The number of carbonyl (C=O) groups is 1. The third-order valence-corrected chi connectivity index (χ3v) is 3.91. The van der Waals surface area contributed by atoms with Crippen molar-refractivity contribution in [2.24, 2.45) is 5.92 Å². The van der Waals surface area contributed by atoms with Crippen LogP contribution in [0.25, 0.3) is 0 Å². The van der Waals surface area contributed by atoms with E-state index in [1.54, 1.807) is 0 Å². The molecule has 4 heteroatoms. The van der Waals surface area contributed by atoms with E-state index in [2.05, 4.69) is 5.32 Å². The van der Waals surface area contributed by atoms with Gasteiger partial charge in [-0.1, -0.05) is 11.6 Å². The lowest BCUT2D eigenvalue weighted by Crippen LogP contribution is -2.37. The molecule has 0 bridgehead atoms. The molecule has 0 spiro atoms. The van der Waals surface area contributed by atoms with Crippen molar-refractivity contribution in [1.82, 2.24) is 5.32 Å². The van der Waals surface area contributed by atoms with Gasteiger partial charge in [0.15, 0.2) is 0 Å². The number of carbonyl (C=O) groups excluding carboxylic acids is 1.